The lowest BCUT2D eigenvalue weighted by Crippen LogP contribution is -2.47. The zero-order valence-electron chi connectivity index (χ0n) is 18.4. The number of rotatable bonds is 9. The largest absolute Gasteiger partial charge is 0.369 e. The van der Waals surface area contributed by atoms with Gasteiger partial charge in [-0.05, 0) is 54.9 Å². The van der Waals surface area contributed by atoms with Gasteiger partial charge in [-0.25, -0.2) is 4.39 Å². The van der Waals surface area contributed by atoms with Gasteiger partial charge in [-0.3, -0.25) is 9.69 Å². The van der Waals surface area contributed by atoms with Crippen LogP contribution in [0.3, 0.4) is 0 Å². The lowest BCUT2D eigenvalue weighted by molar-refractivity contribution is -0.121. The summed E-state index contributed by atoms with van der Waals surface area (Å²) in [5, 5.41) is 3.05. The molecule has 0 spiro atoms. The molecule has 1 aromatic heterocycles. The monoisotopic (exact) mass is 434 g/mol. The van der Waals surface area contributed by atoms with Crippen molar-refractivity contribution in [2.45, 2.75) is 18.9 Å². The number of para-hydroxylation sites is 1. The highest BCUT2D eigenvalue weighted by Gasteiger charge is 2.19. The first-order valence-electron chi connectivity index (χ1n) is 11.4. The average molecular weight is 435 g/mol. The molecule has 1 saturated heterocycles. The topological polar surface area (TPSA) is 40.5 Å². The smallest absolute Gasteiger partial charge is 0.222 e. The van der Waals surface area contributed by atoms with Crippen molar-refractivity contribution >= 4 is 11.6 Å². The normalized spacial score (nSPS) is 15.5. The van der Waals surface area contributed by atoms with Crippen LogP contribution in [0.1, 0.15) is 24.4 Å². The number of aromatic nitrogens is 1. The maximum absolute atomic E-state index is 13.7. The van der Waals surface area contributed by atoms with Gasteiger partial charge in [0.25, 0.3) is 0 Å². The molecule has 1 aliphatic heterocycles. The molecule has 1 amide bonds. The first kappa shape index (κ1) is 22.1. The standard InChI is InChI=1S/C26H31FN4O/c27-23-9-6-8-22(20-23)25(31-14-4-5-15-31)21-26(32)28-12-7-13-29-16-18-30(19-17-29)24-10-2-1-3-11-24/h1-6,8-11,14-15,20,25H,7,12-13,16-19,21H2,(H,28,32). The minimum atomic E-state index is -0.285. The van der Waals surface area contributed by atoms with E-state index in [1.54, 1.807) is 6.07 Å². The Hall–Kier alpha value is -3.12. The van der Waals surface area contributed by atoms with E-state index >= 15 is 0 Å². The SMILES string of the molecule is O=C(CC(c1cccc(F)c1)n1cccc1)NCCCN1CCN(c2ccccc2)CC1. The molecular formula is C26H31FN4O. The third kappa shape index (κ3) is 5.98. The second-order valence-corrected chi connectivity index (χ2v) is 8.27. The zero-order chi connectivity index (χ0) is 22.2. The van der Waals surface area contributed by atoms with Crippen LogP contribution in [0.2, 0.25) is 0 Å². The van der Waals surface area contributed by atoms with Gasteiger partial charge in [-0.15, -0.1) is 0 Å². The van der Waals surface area contributed by atoms with E-state index < -0.39 is 0 Å². The molecule has 0 radical (unpaired) electrons. The van der Waals surface area contributed by atoms with E-state index in [4.69, 9.17) is 0 Å². The van der Waals surface area contributed by atoms with Gasteiger partial charge in [0.15, 0.2) is 0 Å². The Labute approximate surface area is 189 Å². The number of piperazine rings is 1. The van der Waals surface area contributed by atoms with Gasteiger partial charge < -0.3 is 14.8 Å². The van der Waals surface area contributed by atoms with E-state index in [-0.39, 0.29) is 24.2 Å². The molecule has 32 heavy (non-hydrogen) atoms. The van der Waals surface area contributed by atoms with Crippen LogP contribution >= 0.6 is 0 Å². The number of carbonyl (C=O) groups excluding carboxylic acids is 1. The quantitative estimate of drug-likeness (QED) is 0.519. The van der Waals surface area contributed by atoms with Gasteiger partial charge in [0.2, 0.25) is 5.91 Å². The Balaban J connectivity index is 1.20. The number of anilines is 1. The van der Waals surface area contributed by atoms with Gasteiger partial charge in [0.1, 0.15) is 5.82 Å². The number of carbonyl (C=O) groups is 1. The molecular weight excluding hydrogens is 403 g/mol. The van der Waals surface area contributed by atoms with Crippen molar-refractivity contribution < 1.29 is 9.18 Å². The summed E-state index contributed by atoms with van der Waals surface area (Å²) in [5.41, 5.74) is 2.09. The van der Waals surface area contributed by atoms with Crippen molar-refractivity contribution in [2.24, 2.45) is 0 Å². The van der Waals surface area contributed by atoms with Crippen LogP contribution in [-0.4, -0.2) is 54.6 Å². The fourth-order valence-corrected chi connectivity index (χ4v) is 4.31. The molecule has 4 rings (SSSR count). The van der Waals surface area contributed by atoms with Crippen LogP contribution in [0.25, 0.3) is 0 Å². The third-order valence-corrected chi connectivity index (χ3v) is 6.07. The maximum Gasteiger partial charge on any atom is 0.222 e. The molecule has 5 nitrogen and oxygen atoms in total. The number of nitrogens with zero attached hydrogens (tertiary/aromatic N) is 3. The van der Waals surface area contributed by atoms with Crippen LogP contribution in [0, 0.1) is 5.82 Å². The molecule has 1 aliphatic rings. The molecule has 3 aromatic rings. The van der Waals surface area contributed by atoms with Crippen molar-refractivity contribution in [3.63, 3.8) is 0 Å². The predicted molar refractivity (Wildman–Crippen MR) is 126 cm³/mol. The first-order valence-corrected chi connectivity index (χ1v) is 11.4. The Kier molecular flexibility index (Phi) is 7.56. The molecule has 2 aromatic carbocycles. The number of nitrogens with one attached hydrogen (secondary N) is 1. The van der Waals surface area contributed by atoms with Crippen LogP contribution in [0.4, 0.5) is 10.1 Å². The second-order valence-electron chi connectivity index (χ2n) is 8.27. The zero-order valence-corrected chi connectivity index (χ0v) is 18.4. The Morgan fingerprint density at radius 1 is 0.938 bits per heavy atom. The minimum Gasteiger partial charge on any atom is -0.369 e. The minimum absolute atomic E-state index is 0.0122. The van der Waals surface area contributed by atoms with E-state index in [0.717, 1.165) is 44.7 Å². The molecule has 0 bridgehead atoms. The molecule has 1 atom stereocenters. The van der Waals surface area contributed by atoms with E-state index in [0.29, 0.717) is 6.54 Å². The Bertz CT molecular complexity index is 969. The second kappa shape index (κ2) is 11.0. The van der Waals surface area contributed by atoms with Crippen molar-refractivity contribution in [1.82, 2.24) is 14.8 Å². The summed E-state index contributed by atoms with van der Waals surface area (Å²) < 4.78 is 15.7. The summed E-state index contributed by atoms with van der Waals surface area (Å²) in [6.45, 7) is 5.77. The maximum atomic E-state index is 13.7. The molecule has 1 fully saturated rings. The average Bonchev–Trinajstić information content (AvgIpc) is 3.36. The van der Waals surface area contributed by atoms with E-state index in [2.05, 4.69) is 39.4 Å². The van der Waals surface area contributed by atoms with E-state index in [1.165, 1.54) is 17.8 Å². The summed E-state index contributed by atoms with van der Waals surface area (Å²) in [5.74, 6) is -0.297. The van der Waals surface area contributed by atoms with E-state index in [9.17, 15) is 9.18 Å². The van der Waals surface area contributed by atoms with Gasteiger partial charge in [-0.1, -0.05) is 30.3 Å². The summed E-state index contributed by atoms with van der Waals surface area (Å²) in [6.07, 6.45) is 5.04. The molecule has 0 saturated carbocycles. The number of hydrogen-bond donors (Lipinski definition) is 1. The highest BCUT2D eigenvalue weighted by Crippen LogP contribution is 2.23. The van der Waals surface area contributed by atoms with E-state index in [1.807, 2.05) is 41.2 Å². The lowest BCUT2D eigenvalue weighted by Gasteiger charge is -2.36. The van der Waals surface area contributed by atoms with Gasteiger partial charge in [0.05, 0.1) is 12.5 Å². The lowest BCUT2D eigenvalue weighted by atomic mass is 10.0. The van der Waals surface area contributed by atoms with Crippen molar-refractivity contribution in [2.75, 3.05) is 44.2 Å². The van der Waals surface area contributed by atoms with Crippen molar-refractivity contribution in [3.05, 3.63) is 90.5 Å². The first-order chi connectivity index (χ1) is 15.7. The fourth-order valence-electron chi connectivity index (χ4n) is 4.31. The molecule has 0 aliphatic carbocycles. The Morgan fingerprint density at radius 2 is 1.69 bits per heavy atom. The van der Waals surface area contributed by atoms with Crippen LogP contribution in [-0.2, 0) is 4.79 Å². The highest BCUT2D eigenvalue weighted by molar-refractivity contribution is 5.76. The number of amides is 1. The molecule has 1 unspecified atom stereocenters. The van der Waals surface area contributed by atoms with Crippen molar-refractivity contribution in [3.8, 4) is 0 Å². The Morgan fingerprint density at radius 3 is 2.41 bits per heavy atom. The van der Waals surface area contributed by atoms with Gasteiger partial charge in [-0.2, -0.15) is 0 Å². The van der Waals surface area contributed by atoms with Gasteiger partial charge >= 0.3 is 0 Å². The molecule has 2 heterocycles. The van der Waals surface area contributed by atoms with Crippen LogP contribution in [0.15, 0.2) is 79.1 Å². The number of benzene rings is 2. The highest BCUT2D eigenvalue weighted by atomic mass is 19.1. The fraction of sp³-hybridized carbons (Fsp3) is 0.346. The van der Waals surface area contributed by atoms with Crippen LogP contribution in [0.5, 0.6) is 0 Å². The molecule has 6 heteroatoms. The summed E-state index contributed by atoms with van der Waals surface area (Å²) in [4.78, 5) is 17.5. The summed E-state index contributed by atoms with van der Waals surface area (Å²) in [7, 11) is 0. The molecule has 168 valence electrons. The van der Waals surface area contributed by atoms with Crippen molar-refractivity contribution in [1.29, 1.82) is 0 Å². The number of hydrogen-bond acceptors (Lipinski definition) is 3. The molecule has 1 N–H and O–H groups in total. The third-order valence-electron chi connectivity index (χ3n) is 6.07. The summed E-state index contributed by atoms with van der Waals surface area (Å²) >= 11 is 0. The predicted octanol–water partition coefficient (Wildman–Crippen LogP) is 3.94. The number of halogens is 1. The summed E-state index contributed by atoms with van der Waals surface area (Å²) in [6, 6.07) is 20.7. The van der Waals surface area contributed by atoms with Gasteiger partial charge in [0, 0.05) is 50.8 Å². The van der Waals surface area contributed by atoms with Crippen LogP contribution < -0.4 is 10.2 Å².